The Hall–Kier alpha value is -0.960. The van der Waals surface area contributed by atoms with Crippen molar-refractivity contribution in [3.05, 3.63) is 11.7 Å². The van der Waals surface area contributed by atoms with Crippen molar-refractivity contribution >= 4 is 0 Å². The zero-order valence-corrected chi connectivity index (χ0v) is 8.78. The summed E-state index contributed by atoms with van der Waals surface area (Å²) in [5, 5.41) is 0. The first kappa shape index (κ1) is 17.0. The summed E-state index contributed by atoms with van der Waals surface area (Å²) in [6.07, 6.45) is -12.1. The Labute approximate surface area is 94.3 Å². The van der Waals surface area contributed by atoms with Crippen molar-refractivity contribution in [3.63, 3.8) is 0 Å². The maximum Gasteiger partial charge on any atom is 0.428 e. The van der Waals surface area contributed by atoms with E-state index in [1.807, 2.05) is 0 Å². The number of alkyl halides is 8. The number of rotatable bonds is 2. The molecule has 0 rings (SSSR count). The lowest BCUT2D eigenvalue weighted by Gasteiger charge is -2.26. The zero-order chi connectivity index (χ0) is 15.2. The normalized spacial score (nSPS) is 22.0. The second kappa shape index (κ2) is 4.30. The molecule has 0 aliphatic heterocycles. The van der Waals surface area contributed by atoms with Gasteiger partial charge in [0.25, 0.3) is 11.3 Å². The molecule has 10 heteroatoms. The minimum atomic E-state index is -6.03. The Bertz CT molecular complexity index is 308. The van der Waals surface area contributed by atoms with Gasteiger partial charge in [-0.3, -0.25) is 0 Å². The number of allylic oxidation sites excluding steroid dienone is 2. The monoisotopic (exact) mass is 292 g/mol. The predicted octanol–water partition coefficient (Wildman–Crippen LogP) is 4.72. The molecular weight excluding hydrogens is 286 g/mol. The van der Waals surface area contributed by atoms with Gasteiger partial charge < -0.3 is 0 Å². The van der Waals surface area contributed by atoms with Crippen LogP contribution in [0.3, 0.4) is 0 Å². The third kappa shape index (κ3) is 2.72. The molecule has 0 saturated carbocycles. The summed E-state index contributed by atoms with van der Waals surface area (Å²) in [5.41, 5.74) is -10.1. The molecule has 108 valence electrons. The summed E-state index contributed by atoms with van der Waals surface area (Å²) >= 11 is 0. The Kier molecular flexibility index (Phi) is 4.07. The van der Waals surface area contributed by atoms with Crippen LogP contribution in [0.2, 0.25) is 0 Å². The van der Waals surface area contributed by atoms with Gasteiger partial charge in [-0.15, -0.1) is 0 Å². The molecule has 18 heavy (non-hydrogen) atoms. The average molecular weight is 292 g/mol. The lowest BCUT2D eigenvalue weighted by molar-refractivity contribution is -0.226. The quantitative estimate of drug-likeness (QED) is 0.646. The van der Waals surface area contributed by atoms with Crippen LogP contribution in [0.15, 0.2) is 11.7 Å². The van der Waals surface area contributed by atoms with Gasteiger partial charge in [0.1, 0.15) is 0 Å². The third-order valence-electron chi connectivity index (χ3n) is 2.08. The maximum atomic E-state index is 12.8. The van der Waals surface area contributed by atoms with Crippen LogP contribution >= 0.6 is 0 Å². The number of halogens is 10. The van der Waals surface area contributed by atoms with Crippen LogP contribution in [-0.4, -0.2) is 23.7 Å². The van der Waals surface area contributed by atoms with E-state index in [2.05, 4.69) is 0 Å². The Morgan fingerprint density at radius 1 is 0.556 bits per heavy atom. The molecule has 2 atom stereocenters. The Morgan fingerprint density at radius 2 is 0.722 bits per heavy atom. The van der Waals surface area contributed by atoms with Crippen LogP contribution in [-0.2, 0) is 0 Å². The van der Waals surface area contributed by atoms with Gasteiger partial charge in [-0.05, 0) is 13.8 Å². The van der Waals surface area contributed by atoms with Gasteiger partial charge in [0, 0.05) is 0 Å². The highest BCUT2D eigenvalue weighted by molar-refractivity contribution is 5.23. The summed E-state index contributed by atoms with van der Waals surface area (Å²) in [7, 11) is 0. The van der Waals surface area contributed by atoms with Crippen LogP contribution < -0.4 is 0 Å². The molecule has 0 aromatic carbocycles. The highest BCUT2D eigenvalue weighted by atomic mass is 19.4. The minimum absolute atomic E-state index is 0.561. The van der Waals surface area contributed by atoms with E-state index in [-0.39, 0.29) is 0 Å². The van der Waals surface area contributed by atoms with Gasteiger partial charge >= 0.3 is 12.4 Å². The third-order valence-corrected chi connectivity index (χ3v) is 2.08. The predicted molar refractivity (Wildman–Crippen MR) is 40.4 cm³/mol. The first-order valence-corrected chi connectivity index (χ1v) is 4.14. The van der Waals surface area contributed by atoms with E-state index in [0.717, 1.165) is 0 Å². The highest BCUT2D eigenvalue weighted by Gasteiger charge is 2.63. The molecule has 0 aliphatic rings. The molecule has 0 radical (unpaired) electrons. The highest BCUT2D eigenvalue weighted by Crippen LogP contribution is 2.47. The number of hydrogen-bond acceptors (Lipinski definition) is 0. The molecule has 0 nitrogen and oxygen atoms in total. The van der Waals surface area contributed by atoms with E-state index in [4.69, 9.17) is 0 Å². The molecule has 0 bridgehead atoms. The summed E-state index contributed by atoms with van der Waals surface area (Å²) in [4.78, 5) is 0. The molecule has 0 saturated heterocycles. The lowest BCUT2D eigenvalue weighted by atomic mass is 9.99. The SMILES string of the molecule is CC(F)(/C(F)=C(\F)C(C)(F)C(F)(F)F)C(F)(F)F. The molecule has 0 fully saturated rings. The molecular formula is C8H6F10. The van der Waals surface area contributed by atoms with Crippen molar-refractivity contribution in [2.24, 2.45) is 0 Å². The lowest BCUT2D eigenvalue weighted by Crippen LogP contribution is -2.44. The molecule has 0 spiro atoms. The van der Waals surface area contributed by atoms with Gasteiger partial charge in [-0.1, -0.05) is 0 Å². The topological polar surface area (TPSA) is 0 Å². The van der Waals surface area contributed by atoms with Crippen LogP contribution in [0.25, 0.3) is 0 Å². The van der Waals surface area contributed by atoms with Crippen LogP contribution in [0.4, 0.5) is 43.9 Å². The van der Waals surface area contributed by atoms with Crippen LogP contribution in [0, 0.1) is 0 Å². The van der Waals surface area contributed by atoms with E-state index >= 15 is 0 Å². The minimum Gasteiger partial charge on any atom is -0.226 e. The van der Waals surface area contributed by atoms with Gasteiger partial charge in [-0.25, -0.2) is 17.6 Å². The van der Waals surface area contributed by atoms with Gasteiger partial charge in [-0.2, -0.15) is 26.3 Å². The van der Waals surface area contributed by atoms with Crippen molar-refractivity contribution < 1.29 is 43.9 Å². The Morgan fingerprint density at radius 3 is 0.833 bits per heavy atom. The first-order valence-electron chi connectivity index (χ1n) is 4.14. The molecule has 2 unspecified atom stereocenters. The van der Waals surface area contributed by atoms with Crippen molar-refractivity contribution in [2.75, 3.05) is 0 Å². The fourth-order valence-electron chi connectivity index (χ4n) is 0.661. The van der Waals surface area contributed by atoms with Gasteiger partial charge in [0.2, 0.25) is 0 Å². The second-order valence-electron chi connectivity index (χ2n) is 3.63. The van der Waals surface area contributed by atoms with Crippen molar-refractivity contribution in [1.82, 2.24) is 0 Å². The molecule has 0 aromatic rings. The summed E-state index contributed by atoms with van der Waals surface area (Å²) in [6.45, 7) is -1.12. The van der Waals surface area contributed by atoms with E-state index in [0.29, 0.717) is 0 Å². The largest absolute Gasteiger partial charge is 0.428 e. The molecule has 0 aromatic heterocycles. The van der Waals surface area contributed by atoms with Crippen molar-refractivity contribution in [2.45, 2.75) is 37.5 Å². The molecule has 0 N–H and O–H groups in total. The van der Waals surface area contributed by atoms with E-state index in [1.54, 1.807) is 0 Å². The summed E-state index contributed by atoms with van der Waals surface area (Å²) in [5.74, 6) is -7.00. The van der Waals surface area contributed by atoms with Crippen molar-refractivity contribution in [3.8, 4) is 0 Å². The van der Waals surface area contributed by atoms with Crippen molar-refractivity contribution in [1.29, 1.82) is 0 Å². The summed E-state index contributed by atoms with van der Waals surface area (Å²) in [6, 6.07) is 0. The van der Waals surface area contributed by atoms with Crippen LogP contribution in [0.1, 0.15) is 13.8 Å². The molecule has 0 aliphatic carbocycles. The average Bonchev–Trinajstić information content (AvgIpc) is 2.11. The first-order chi connectivity index (χ1) is 7.57. The Balaban J connectivity index is 5.81. The molecule has 0 heterocycles. The van der Waals surface area contributed by atoms with E-state index in [9.17, 15) is 43.9 Å². The standard InChI is InChI=1S/C8H6F10/c1-5(11,7(13,14)15)3(9)4(10)6(2,12)8(16,17)18/h1-2H3/b4-3+. The smallest absolute Gasteiger partial charge is 0.226 e. The fraction of sp³-hybridized carbons (Fsp3) is 0.750. The second-order valence-corrected chi connectivity index (χ2v) is 3.63. The van der Waals surface area contributed by atoms with Crippen LogP contribution in [0.5, 0.6) is 0 Å². The van der Waals surface area contributed by atoms with Gasteiger partial charge in [0.05, 0.1) is 0 Å². The maximum absolute atomic E-state index is 12.8. The summed E-state index contributed by atoms with van der Waals surface area (Å²) < 4.78 is 123. The van der Waals surface area contributed by atoms with E-state index in [1.165, 1.54) is 0 Å². The van der Waals surface area contributed by atoms with Gasteiger partial charge in [0.15, 0.2) is 11.7 Å². The number of hydrogen-bond donors (Lipinski definition) is 0. The molecule has 0 amide bonds. The zero-order valence-electron chi connectivity index (χ0n) is 8.78. The van der Waals surface area contributed by atoms with E-state index < -0.39 is 49.2 Å². The fourth-order valence-corrected chi connectivity index (χ4v) is 0.661.